The third-order valence-electron chi connectivity index (χ3n) is 6.12. The van der Waals surface area contributed by atoms with E-state index in [-0.39, 0.29) is 0 Å². The molecule has 2 nitrogen and oxygen atoms in total. The second kappa shape index (κ2) is 2.78. The van der Waals surface area contributed by atoms with E-state index in [2.05, 4.69) is 38.0 Å². The van der Waals surface area contributed by atoms with E-state index in [9.17, 15) is 0 Å². The van der Waals surface area contributed by atoms with E-state index in [1.54, 1.807) is 0 Å². The lowest BCUT2D eigenvalue weighted by Gasteiger charge is -2.47. The van der Waals surface area contributed by atoms with E-state index in [0.717, 1.165) is 18.0 Å². The van der Waals surface area contributed by atoms with Crippen molar-refractivity contribution < 1.29 is 0 Å². The van der Waals surface area contributed by atoms with E-state index in [1.807, 2.05) is 0 Å². The summed E-state index contributed by atoms with van der Waals surface area (Å²) in [6.07, 6.45) is 2.86. The molecule has 0 aromatic rings. The Morgan fingerprint density at radius 2 is 2.00 bits per heavy atom. The van der Waals surface area contributed by atoms with Crippen molar-refractivity contribution in [2.75, 3.05) is 20.1 Å². The number of nitrogens with zero attached hydrogens (tertiary/aromatic N) is 1. The van der Waals surface area contributed by atoms with E-state index in [0.29, 0.717) is 10.8 Å². The maximum absolute atomic E-state index is 3.78. The van der Waals surface area contributed by atoms with Crippen LogP contribution in [0.4, 0.5) is 0 Å². The molecular formula is C13H24N2. The van der Waals surface area contributed by atoms with Crippen LogP contribution in [0.15, 0.2) is 0 Å². The fourth-order valence-corrected chi connectivity index (χ4v) is 4.90. The molecule has 15 heavy (non-hydrogen) atoms. The highest BCUT2D eigenvalue weighted by Gasteiger charge is 2.67. The van der Waals surface area contributed by atoms with E-state index in [4.69, 9.17) is 0 Å². The van der Waals surface area contributed by atoms with Crippen molar-refractivity contribution >= 4 is 0 Å². The first-order chi connectivity index (χ1) is 6.98. The maximum atomic E-state index is 3.78. The minimum atomic E-state index is 0.522. The van der Waals surface area contributed by atoms with Crippen LogP contribution < -0.4 is 5.32 Å². The van der Waals surface area contributed by atoms with Crippen LogP contribution in [0.5, 0.6) is 0 Å². The Morgan fingerprint density at radius 3 is 2.67 bits per heavy atom. The molecule has 1 saturated heterocycles. The summed E-state index contributed by atoms with van der Waals surface area (Å²) in [7, 11) is 2.32. The van der Waals surface area contributed by atoms with Gasteiger partial charge in [0.15, 0.2) is 0 Å². The first kappa shape index (κ1) is 10.1. The molecular weight excluding hydrogens is 184 g/mol. The monoisotopic (exact) mass is 208 g/mol. The smallest absolute Gasteiger partial charge is 0.0308 e. The van der Waals surface area contributed by atoms with Gasteiger partial charge in [0.1, 0.15) is 0 Å². The van der Waals surface area contributed by atoms with Gasteiger partial charge in [-0.1, -0.05) is 20.8 Å². The van der Waals surface area contributed by atoms with Crippen molar-refractivity contribution in [1.82, 2.24) is 10.2 Å². The van der Waals surface area contributed by atoms with Crippen molar-refractivity contribution in [2.45, 2.75) is 45.7 Å². The molecule has 0 amide bonds. The summed E-state index contributed by atoms with van der Waals surface area (Å²) in [5.74, 6) is 0.898. The van der Waals surface area contributed by atoms with Gasteiger partial charge in [0.2, 0.25) is 0 Å². The third kappa shape index (κ3) is 0.980. The molecule has 3 fully saturated rings. The summed E-state index contributed by atoms with van der Waals surface area (Å²) < 4.78 is 0. The quantitative estimate of drug-likeness (QED) is 0.652. The van der Waals surface area contributed by atoms with Crippen LogP contribution in [0.25, 0.3) is 0 Å². The number of fused-ring (bicyclic) bond motifs is 5. The zero-order valence-electron chi connectivity index (χ0n) is 10.5. The molecule has 4 atom stereocenters. The zero-order valence-corrected chi connectivity index (χ0v) is 10.5. The van der Waals surface area contributed by atoms with Crippen LogP contribution in [0.3, 0.4) is 0 Å². The molecule has 2 aliphatic carbocycles. The zero-order chi connectivity index (χ0) is 10.8. The van der Waals surface area contributed by atoms with Crippen LogP contribution in [-0.2, 0) is 0 Å². The summed E-state index contributed by atoms with van der Waals surface area (Å²) in [5, 5.41) is 3.78. The average Bonchev–Trinajstić information content (AvgIpc) is 2.48. The van der Waals surface area contributed by atoms with Gasteiger partial charge >= 0.3 is 0 Å². The van der Waals surface area contributed by atoms with Gasteiger partial charge in [-0.2, -0.15) is 0 Å². The molecule has 3 rings (SSSR count). The number of nitrogens with one attached hydrogen (secondary N) is 1. The topological polar surface area (TPSA) is 15.3 Å². The largest absolute Gasteiger partial charge is 0.311 e. The number of hydrogen-bond acceptors (Lipinski definition) is 2. The van der Waals surface area contributed by atoms with Crippen LogP contribution in [0.1, 0.15) is 33.6 Å². The summed E-state index contributed by atoms with van der Waals surface area (Å²) in [5.41, 5.74) is 1.05. The van der Waals surface area contributed by atoms with E-state index < -0.39 is 0 Å². The normalized spacial score (nSPS) is 53.2. The highest BCUT2D eigenvalue weighted by molar-refractivity contribution is 5.20. The molecule has 0 aromatic heterocycles. The first-order valence-corrected chi connectivity index (χ1v) is 6.42. The summed E-state index contributed by atoms with van der Waals surface area (Å²) in [6.45, 7) is 9.93. The number of hydrogen-bond donors (Lipinski definition) is 1. The molecule has 0 spiro atoms. The van der Waals surface area contributed by atoms with Crippen molar-refractivity contribution in [2.24, 2.45) is 16.7 Å². The third-order valence-corrected chi connectivity index (χ3v) is 6.12. The van der Waals surface area contributed by atoms with Crippen molar-refractivity contribution in [3.8, 4) is 0 Å². The Hall–Kier alpha value is -0.0800. The molecule has 1 aliphatic heterocycles. The van der Waals surface area contributed by atoms with Crippen molar-refractivity contribution in [3.63, 3.8) is 0 Å². The first-order valence-electron chi connectivity index (χ1n) is 6.42. The Kier molecular flexibility index (Phi) is 1.87. The lowest BCUT2D eigenvalue weighted by atomic mass is 9.68. The Morgan fingerprint density at radius 1 is 1.27 bits per heavy atom. The predicted octanol–water partition coefficient (Wildman–Crippen LogP) is 1.71. The molecule has 1 N–H and O–H groups in total. The highest BCUT2D eigenvalue weighted by Crippen LogP contribution is 2.66. The van der Waals surface area contributed by atoms with E-state index >= 15 is 0 Å². The molecule has 1 heterocycles. The van der Waals surface area contributed by atoms with Crippen LogP contribution in [0, 0.1) is 16.7 Å². The van der Waals surface area contributed by atoms with Crippen molar-refractivity contribution in [3.05, 3.63) is 0 Å². The fourth-order valence-electron chi connectivity index (χ4n) is 4.90. The molecule has 2 saturated carbocycles. The van der Waals surface area contributed by atoms with Crippen LogP contribution in [-0.4, -0.2) is 37.1 Å². The van der Waals surface area contributed by atoms with E-state index in [1.165, 1.54) is 25.9 Å². The van der Waals surface area contributed by atoms with Crippen LogP contribution in [0.2, 0.25) is 0 Å². The Bertz CT molecular complexity index is 286. The minimum absolute atomic E-state index is 0.522. The van der Waals surface area contributed by atoms with Gasteiger partial charge in [-0.15, -0.1) is 0 Å². The minimum Gasteiger partial charge on any atom is -0.311 e. The summed E-state index contributed by atoms with van der Waals surface area (Å²) in [6, 6.07) is 1.54. The molecule has 3 aliphatic rings. The standard InChI is InChI=1S/C13H24N2/c1-12(2)9-5-6-13(12,3)11-10(9)14-7-8-15(11)4/h9-11,14H,5-8H2,1-4H3/t9-,10-,11-,13+/m1/s1. The van der Waals surface area contributed by atoms with Gasteiger partial charge in [0.05, 0.1) is 0 Å². The van der Waals surface area contributed by atoms with Crippen LogP contribution >= 0.6 is 0 Å². The number of rotatable bonds is 0. The van der Waals surface area contributed by atoms with Gasteiger partial charge in [0, 0.05) is 25.2 Å². The molecule has 0 radical (unpaired) electrons. The molecule has 0 aromatic carbocycles. The molecule has 2 bridgehead atoms. The number of likely N-dealkylation sites (N-methyl/N-ethyl adjacent to an activating group) is 1. The van der Waals surface area contributed by atoms with Gasteiger partial charge < -0.3 is 10.2 Å². The van der Waals surface area contributed by atoms with Crippen molar-refractivity contribution in [1.29, 1.82) is 0 Å². The fraction of sp³-hybridized carbons (Fsp3) is 1.00. The molecule has 0 unspecified atom stereocenters. The highest BCUT2D eigenvalue weighted by atomic mass is 15.2. The predicted molar refractivity (Wildman–Crippen MR) is 62.8 cm³/mol. The maximum Gasteiger partial charge on any atom is 0.0308 e. The lowest BCUT2D eigenvalue weighted by molar-refractivity contribution is 0.0338. The second-order valence-electron chi connectivity index (χ2n) is 6.69. The average molecular weight is 208 g/mol. The Balaban J connectivity index is 2.04. The summed E-state index contributed by atoms with van der Waals surface area (Å²) in [4.78, 5) is 2.61. The van der Waals surface area contributed by atoms with Gasteiger partial charge in [0.25, 0.3) is 0 Å². The van der Waals surface area contributed by atoms with Gasteiger partial charge in [-0.25, -0.2) is 0 Å². The lowest BCUT2D eigenvalue weighted by Crippen LogP contribution is -2.61. The Labute approximate surface area is 93.4 Å². The van der Waals surface area contributed by atoms with Gasteiger partial charge in [-0.05, 0) is 36.6 Å². The second-order valence-corrected chi connectivity index (χ2v) is 6.69. The molecule has 2 heteroatoms. The molecule has 86 valence electrons. The van der Waals surface area contributed by atoms with Gasteiger partial charge in [-0.3, -0.25) is 0 Å². The summed E-state index contributed by atoms with van der Waals surface area (Å²) >= 11 is 0. The number of piperazine rings is 1. The SMILES string of the molecule is CN1CCN[C@@H]2[C@H]3CC[C@@](C)([C@@H]21)C3(C)C.